The van der Waals surface area contributed by atoms with Crippen molar-refractivity contribution >= 4 is 11.8 Å². The highest BCUT2D eigenvalue weighted by Crippen LogP contribution is 2.33. The van der Waals surface area contributed by atoms with Crippen molar-refractivity contribution in [2.45, 2.75) is 33.7 Å². The molecule has 0 unspecified atom stereocenters. The number of nitrogens with zero attached hydrogens (tertiary/aromatic N) is 4. The van der Waals surface area contributed by atoms with Crippen molar-refractivity contribution in [3.8, 4) is 11.3 Å². The summed E-state index contributed by atoms with van der Waals surface area (Å²) in [6.07, 6.45) is 0.533. The van der Waals surface area contributed by atoms with Crippen LogP contribution < -0.4 is 4.90 Å². The zero-order valence-electron chi connectivity index (χ0n) is 19.6. The van der Waals surface area contributed by atoms with E-state index in [0.717, 1.165) is 42.3 Å². The van der Waals surface area contributed by atoms with Gasteiger partial charge >= 0.3 is 0 Å². The van der Waals surface area contributed by atoms with Crippen LogP contribution >= 0.6 is 0 Å². The molecule has 1 aliphatic heterocycles. The topological polar surface area (TPSA) is 62.1 Å². The van der Waals surface area contributed by atoms with E-state index in [1.807, 2.05) is 25.1 Å². The first-order chi connectivity index (χ1) is 14.8. The zero-order chi connectivity index (χ0) is 22.4. The largest absolute Gasteiger partial charge is 0.378 e. The number of rotatable bonds is 9. The normalized spacial score (nSPS) is 14.5. The monoisotopic (exact) mass is 428 g/mol. The molecule has 7 heteroatoms. The van der Waals surface area contributed by atoms with Crippen molar-refractivity contribution in [2.24, 2.45) is 5.92 Å². The number of carbonyl (C=O) groups excluding carboxylic acids is 1. The number of benzene rings is 1. The van der Waals surface area contributed by atoms with Crippen molar-refractivity contribution in [3.63, 3.8) is 0 Å². The van der Waals surface area contributed by atoms with E-state index in [9.17, 15) is 4.79 Å². The molecule has 0 N–H and O–H groups in total. The lowest BCUT2D eigenvalue weighted by Gasteiger charge is -2.29. The average Bonchev–Trinajstić information content (AvgIpc) is 3.14. The number of ether oxygens (including phenoxy) is 1. The highest BCUT2D eigenvalue weighted by atomic mass is 16.5. The molecular weight excluding hydrogens is 392 g/mol. The van der Waals surface area contributed by atoms with E-state index in [4.69, 9.17) is 9.26 Å². The number of anilines is 1. The second-order valence-electron chi connectivity index (χ2n) is 9.00. The molecule has 2 heterocycles. The van der Waals surface area contributed by atoms with Crippen LogP contribution in [0.3, 0.4) is 0 Å². The van der Waals surface area contributed by atoms with E-state index in [1.54, 1.807) is 0 Å². The van der Waals surface area contributed by atoms with Crippen LogP contribution in [0.4, 0.5) is 5.88 Å². The van der Waals surface area contributed by atoms with Crippen molar-refractivity contribution < 1.29 is 14.1 Å². The molecule has 31 heavy (non-hydrogen) atoms. The zero-order valence-corrected chi connectivity index (χ0v) is 19.6. The lowest BCUT2D eigenvalue weighted by molar-refractivity contribution is -0.132. The van der Waals surface area contributed by atoms with Gasteiger partial charge in [0.2, 0.25) is 11.8 Å². The Morgan fingerprint density at radius 3 is 2.58 bits per heavy atom. The van der Waals surface area contributed by atoms with E-state index >= 15 is 0 Å². The fraction of sp³-hybridized carbons (Fsp3) is 0.583. The molecule has 0 saturated carbocycles. The summed E-state index contributed by atoms with van der Waals surface area (Å²) < 4.78 is 11.4. The van der Waals surface area contributed by atoms with Gasteiger partial charge in [0.25, 0.3) is 0 Å². The van der Waals surface area contributed by atoms with Gasteiger partial charge in [-0.05, 0) is 33.0 Å². The Balaban J connectivity index is 1.97. The number of amides is 1. The van der Waals surface area contributed by atoms with Crippen molar-refractivity contribution in [1.82, 2.24) is 15.0 Å². The number of aromatic nitrogens is 1. The average molecular weight is 429 g/mol. The molecule has 0 atom stereocenters. The van der Waals surface area contributed by atoms with Crippen LogP contribution in [0, 0.1) is 12.8 Å². The van der Waals surface area contributed by atoms with E-state index in [-0.39, 0.29) is 5.91 Å². The third-order valence-corrected chi connectivity index (χ3v) is 5.46. The van der Waals surface area contributed by atoms with Gasteiger partial charge in [0.05, 0.1) is 25.3 Å². The first kappa shape index (κ1) is 23.3. The Morgan fingerprint density at radius 2 is 1.94 bits per heavy atom. The Hall–Kier alpha value is -2.38. The molecule has 0 spiro atoms. The summed E-state index contributed by atoms with van der Waals surface area (Å²) in [5, 5.41) is 4.47. The SMILES string of the molecule is Cc1cccc(-c2noc(N3CCOCC3)c2CN(CCN(C)C)C(=O)CC(C)C)c1. The molecule has 1 fully saturated rings. The van der Waals surface area contributed by atoms with Crippen LogP contribution in [0.5, 0.6) is 0 Å². The lowest BCUT2D eigenvalue weighted by Crippen LogP contribution is -2.39. The molecule has 1 saturated heterocycles. The molecule has 170 valence electrons. The van der Waals surface area contributed by atoms with Crippen molar-refractivity contribution in [2.75, 3.05) is 58.4 Å². The maximum atomic E-state index is 13.1. The lowest BCUT2D eigenvalue weighted by atomic mass is 10.0. The summed E-state index contributed by atoms with van der Waals surface area (Å²) in [6.45, 7) is 11.0. The van der Waals surface area contributed by atoms with E-state index in [2.05, 4.69) is 53.9 Å². The molecule has 0 bridgehead atoms. The van der Waals surface area contributed by atoms with Crippen LogP contribution in [-0.2, 0) is 16.1 Å². The Kier molecular flexibility index (Phi) is 8.09. The maximum absolute atomic E-state index is 13.1. The minimum atomic E-state index is 0.168. The molecule has 1 amide bonds. The quantitative estimate of drug-likeness (QED) is 0.610. The molecule has 1 aliphatic rings. The van der Waals surface area contributed by atoms with Gasteiger partial charge < -0.3 is 24.0 Å². The summed E-state index contributed by atoms with van der Waals surface area (Å²) in [5.41, 5.74) is 3.97. The van der Waals surface area contributed by atoms with E-state index < -0.39 is 0 Å². The molecule has 0 aliphatic carbocycles. The summed E-state index contributed by atoms with van der Waals surface area (Å²) in [6, 6.07) is 8.27. The summed E-state index contributed by atoms with van der Waals surface area (Å²) >= 11 is 0. The smallest absolute Gasteiger partial charge is 0.233 e. The van der Waals surface area contributed by atoms with Crippen LogP contribution in [0.2, 0.25) is 0 Å². The Labute approximate surface area is 185 Å². The predicted octanol–water partition coefficient (Wildman–Crippen LogP) is 3.42. The maximum Gasteiger partial charge on any atom is 0.233 e. The number of carbonyl (C=O) groups is 1. The number of likely N-dealkylation sites (N-methyl/N-ethyl adjacent to an activating group) is 1. The highest BCUT2D eigenvalue weighted by Gasteiger charge is 2.27. The van der Waals surface area contributed by atoms with Gasteiger partial charge in [-0.3, -0.25) is 4.79 Å². The summed E-state index contributed by atoms with van der Waals surface area (Å²) in [4.78, 5) is 19.3. The molecule has 2 aromatic rings. The van der Waals surface area contributed by atoms with Gasteiger partial charge in [0, 0.05) is 38.2 Å². The molecule has 1 aromatic carbocycles. The summed E-state index contributed by atoms with van der Waals surface area (Å²) in [5.74, 6) is 1.24. The van der Waals surface area contributed by atoms with Crippen molar-refractivity contribution in [1.29, 1.82) is 0 Å². The molecule has 1 aromatic heterocycles. The van der Waals surface area contributed by atoms with Gasteiger partial charge in [-0.25, -0.2) is 0 Å². The minimum absolute atomic E-state index is 0.168. The molecular formula is C24H36N4O3. The number of hydrogen-bond donors (Lipinski definition) is 0. The van der Waals surface area contributed by atoms with Gasteiger partial charge in [-0.2, -0.15) is 0 Å². The highest BCUT2D eigenvalue weighted by molar-refractivity contribution is 5.77. The molecule has 7 nitrogen and oxygen atoms in total. The minimum Gasteiger partial charge on any atom is -0.378 e. The van der Waals surface area contributed by atoms with E-state index in [0.29, 0.717) is 38.6 Å². The fourth-order valence-electron chi connectivity index (χ4n) is 3.76. The number of aryl methyl sites for hydroxylation is 1. The Bertz CT molecular complexity index is 856. The first-order valence-corrected chi connectivity index (χ1v) is 11.2. The Morgan fingerprint density at radius 1 is 1.19 bits per heavy atom. The second-order valence-corrected chi connectivity index (χ2v) is 9.00. The third-order valence-electron chi connectivity index (χ3n) is 5.46. The predicted molar refractivity (Wildman–Crippen MR) is 123 cm³/mol. The summed E-state index contributed by atoms with van der Waals surface area (Å²) in [7, 11) is 4.06. The number of morpholine rings is 1. The fourth-order valence-corrected chi connectivity index (χ4v) is 3.76. The van der Waals surface area contributed by atoms with Crippen molar-refractivity contribution in [3.05, 3.63) is 35.4 Å². The van der Waals surface area contributed by atoms with Gasteiger partial charge in [-0.15, -0.1) is 0 Å². The van der Waals surface area contributed by atoms with Gasteiger partial charge in [-0.1, -0.05) is 42.8 Å². The molecule has 0 radical (unpaired) electrons. The van der Waals surface area contributed by atoms with Crippen LogP contribution in [-0.4, -0.2) is 74.4 Å². The standard InChI is InChI=1S/C24H36N4O3/c1-18(2)15-22(29)28(10-9-26(4)5)17-21-23(20-8-6-7-19(3)16-20)25-31-24(21)27-11-13-30-14-12-27/h6-8,16,18H,9-15,17H2,1-5H3. The van der Waals surface area contributed by atoms with Crippen LogP contribution in [0.1, 0.15) is 31.4 Å². The van der Waals surface area contributed by atoms with Gasteiger partial charge in [0.15, 0.2) is 0 Å². The van der Waals surface area contributed by atoms with E-state index in [1.165, 1.54) is 5.56 Å². The third kappa shape index (κ3) is 6.31. The second kappa shape index (κ2) is 10.8. The van der Waals surface area contributed by atoms with Crippen LogP contribution in [0.15, 0.2) is 28.8 Å². The van der Waals surface area contributed by atoms with Crippen LogP contribution in [0.25, 0.3) is 11.3 Å². The number of hydrogen-bond acceptors (Lipinski definition) is 6. The molecule has 3 rings (SSSR count). The van der Waals surface area contributed by atoms with Gasteiger partial charge in [0.1, 0.15) is 5.69 Å². The first-order valence-electron chi connectivity index (χ1n) is 11.2.